The molecule has 0 saturated carbocycles. The highest BCUT2D eigenvalue weighted by atomic mass is 35.5. The van der Waals surface area contributed by atoms with Gasteiger partial charge in [0.2, 0.25) is 0 Å². The molecule has 0 aliphatic carbocycles. The molecule has 3 nitrogen and oxygen atoms in total. The zero-order chi connectivity index (χ0) is 16.9. The maximum absolute atomic E-state index is 12.6. The average Bonchev–Trinajstić information content (AvgIpc) is 2.62. The van der Waals surface area contributed by atoms with Crippen LogP contribution in [0.5, 0.6) is 0 Å². The van der Waals surface area contributed by atoms with Crippen LogP contribution in [0.25, 0.3) is 0 Å². The summed E-state index contributed by atoms with van der Waals surface area (Å²) < 4.78 is 0. The first-order valence-corrected chi connectivity index (χ1v) is 8.04. The van der Waals surface area contributed by atoms with Crippen molar-refractivity contribution in [2.45, 2.75) is 13.0 Å². The van der Waals surface area contributed by atoms with Crippen molar-refractivity contribution in [3.05, 3.63) is 100 Å². The molecule has 24 heavy (non-hydrogen) atoms. The molecule has 1 aromatic heterocycles. The van der Waals surface area contributed by atoms with Gasteiger partial charge >= 0.3 is 0 Å². The van der Waals surface area contributed by atoms with Gasteiger partial charge in [-0.25, -0.2) is 0 Å². The van der Waals surface area contributed by atoms with Crippen LogP contribution in [-0.4, -0.2) is 10.9 Å². The Morgan fingerprint density at radius 3 is 2.33 bits per heavy atom. The maximum Gasteiger partial charge on any atom is 0.252 e. The van der Waals surface area contributed by atoms with Crippen LogP contribution in [0.15, 0.2) is 73.1 Å². The van der Waals surface area contributed by atoms with Crippen molar-refractivity contribution >= 4 is 17.5 Å². The van der Waals surface area contributed by atoms with E-state index in [0.29, 0.717) is 10.6 Å². The van der Waals surface area contributed by atoms with E-state index < -0.39 is 0 Å². The lowest BCUT2D eigenvalue weighted by atomic mass is 9.99. The van der Waals surface area contributed by atoms with E-state index in [1.54, 1.807) is 12.4 Å². The number of amides is 1. The van der Waals surface area contributed by atoms with E-state index in [1.807, 2.05) is 67.6 Å². The molecule has 0 aliphatic heterocycles. The lowest BCUT2D eigenvalue weighted by Gasteiger charge is -2.19. The highest BCUT2D eigenvalue weighted by molar-refractivity contribution is 6.30. The molecule has 4 heteroatoms. The summed E-state index contributed by atoms with van der Waals surface area (Å²) in [6.45, 7) is 1.99. The largest absolute Gasteiger partial charge is 0.341 e. The van der Waals surface area contributed by atoms with Gasteiger partial charge in [-0.1, -0.05) is 47.5 Å². The van der Waals surface area contributed by atoms with Gasteiger partial charge in [0.05, 0.1) is 6.04 Å². The Morgan fingerprint density at radius 2 is 1.71 bits per heavy atom. The smallest absolute Gasteiger partial charge is 0.252 e. The molecule has 1 unspecified atom stereocenters. The summed E-state index contributed by atoms with van der Waals surface area (Å²) in [6, 6.07) is 18.5. The average molecular weight is 337 g/mol. The molecular formula is C20H17ClN2O. The second kappa shape index (κ2) is 7.28. The van der Waals surface area contributed by atoms with Gasteiger partial charge in [0, 0.05) is 23.0 Å². The fraction of sp³-hybridized carbons (Fsp3) is 0.100. The molecule has 0 fully saturated rings. The van der Waals surface area contributed by atoms with E-state index >= 15 is 0 Å². The highest BCUT2D eigenvalue weighted by Gasteiger charge is 2.18. The van der Waals surface area contributed by atoms with Crippen LogP contribution in [-0.2, 0) is 0 Å². The van der Waals surface area contributed by atoms with Gasteiger partial charge < -0.3 is 5.32 Å². The number of carbonyl (C=O) groups excluding carboxylic acids is 1. The zero-order valence-corrected chi connectivity index (χ0v) is 14.0. The van der Waals surface area contributed by atoms with Crippen LogP contribution in [0.1, 0.15) is 33.1 Å². The van der Waals surface area contributed by atoms with Crippen LogP contribution in [0.2, 0.25) is 5.02 Å². The topological polar surface area (TPSA) is 42.0 Å². The minimum absolute atomic E-state index is 0.126. The normalized spacial score (nSPS) is 11.8. The number of nitrogens with one attached hydrogen (secondary N) is 1. The first-order valence-electron chi connectivity index (χ1n) is 7.66. The Bertz CT molecular complexity index is 815. The third-order valence-corrected chi connectivity index (χ3v) is 4.06. The van der Waals surface area contributed by atoms with Crippen molar-refractivity contribution < 1.29 is 4.79 Å². The van der Waals surface area contributed by atoms with Crippen molar-refractivity contribution in [3.63, 3.8) is 0 Å². The summed E-state index contributed by atoms with van der Waals surface area (Å²) in [5, 5.41) is 3.74. The molecule has 0 aliphatic rings. The number of aryl methyl sites for hydroxylation is 1. The Morgan fingerprint density at radius 1 is 1.00 bits per heavy atom. The van der Waals surface area contributed by atoms with Crippen molar-refractivity contribution in [3.8, 4) is 0 Å². The molecule has 0 saturated heterocycles. The van der Waals surface area contributed by atoms with Gasteiger partial charge in [0.1, 0.15) is 0 Å². The Kier molecular flexibility index (Phi) is 4.92. The number of carbonyl (C=O) groups is 1. The number of pyridine rings is 1. The predicted molar refractivity (Wildman–Crippen MR) is 96.2 cm³/mol. The molecule has 3 rings (SSSR count). The van der Waals surface area contributed by atoms with Crippen LogP contribution in [0.3, 0.4) is 0 Å². The third-order valence-electron chi connectivity index (χ3n) is 3.81. The zero-order valence-electron chi connectivity index (χ0n) is 13.2. The van der Waals surface area contributed by atoms with E-state index in [-0.39, 0.29) is 11.9 Å². The molecule has 1 N–H and O–H groups in total. The van der Waals surface area contributed by atoms with Gasteiger partial charge in [-0.05, 0) is 48.4 Å². The minimum Gasteiger partial charge on any atom is -0.341 e. The van der Waals surface area contributed by atoms with E-state index in [4.69, 9.17) is 11.6 Å². The summed E-state index contributed by atoms with van der Waals surface area (Å²) in [6.07, 6.45) is 3.47. The summed E-state index contributed by atoms with van der Waals surface area (Å²) >= 11 is 5.98. The van der Waals surface area contributed by atoms with E-state index in [1.165, 1.54) is 0 Å². The first kappa shape index (κ1) is 16.2. The van der Waals surface area contributed by atoms with Gasteiger partial charge in [-0.2, -0.15) is 0 Å². The van der Waals surface area contributed by atoms with E-state index in [0.717, 1.165) is 16.7 Å². The third kappa shape index (κ3) is 3.81. The lowest BCUT2D eigenvalue weighted by Crippen LogP contribution is -2.29. The van der Waals surface area contributed by atoms with E-state index in [9.17, 15) is 4.79 Å². The van der Waals surface area contributed by atoms with Crippen LogP contribution < -0.4 is 5.32 Å². The molecule has 120 valence electrons. The van der Waals surface area contributed by atoms with Crippen molar-refractivity contribution in [1.82, 2.24) is 10.3 Å². The quantitative estimate of drug-likeness (QED) is 0.758. The molecule has 1 heterocycles. The minimum atomic E-state index is -0.287. The van der Waals surface area contributed by atoms with Crippen LogP contribution in [0.4, 0.5) is 0 Å². The van der Waals surface area contributed by atoms with Crippen molar-refractivity contribution in [2.24, 2.45) is 0 Å². The standard InChI is InChI=1S/C20H17ClN2O/c1-14-4-6-16(7-5-14)20(24)23-19(17-3-2-12-22-13-17)15-8-10-18(21)11-9-15/h2-13,19H,1H3,(H,23,24). The Balaban J connectivity index is 1.91. The maximum atomic E-state index is 12.6. The number of hydrogen-bond donors (Lipinski definition) is 1. The molecule has 1 atom stereocenters. The Labute approximate surface area is 146 Å². The fourth-order valence-electron chi connectivity index (χ4n) is 2.48. The van der Waals surface area contributed by atoms with Crippen LogP contribution >= 0.6 is 11.6 Å². The number of aromatic nitrogens is 1. The number of rotatable bonds is 4. The van der Waals surface area contributed by atoms with Gasteiger partial charge in [0.25, 0.3) is 5.91 Å². The second-order valence-corrected chi connectivity index (χ2v) is 6.05. The van der Waals surface area contributed by atoms with Gasteiger partial charge in [-0.3, -0.25) is 9.78 Å². The number of benzene rings is 2. The number of nitrogens with zero attached hydrogens (tertiary/aromatic N) is 1. The summed E-state index contributed by atoms with van der Waals surface area (Å²) in [5.41, 5.74) is 3.62. The van der Waals surface area contributed by atoms with Gasteiger partial charge in [0.15, 0.2) is 0 Å². The summed E-state index contributed by atoms with van der Waals surface area (Å²) in [4.78, 5) is 16.8. The van der Waals surface area contributed by atoms with E-state index in [2.05, 4.69) is 10.3 Å². The first-order chi connectivity index (χ1) is 11.6. The monoisotopic (exact) mass is 336 g/mol. The second-order valence-electron chi connectivity index (χ2n) is 5.61. The predicted octanol–water partition coefficient (Wildman–Crippen LogP) is 4.56. The lowest BCUT2D eigenvalue weighted by molar-refractivity contribution is 0.0943. The Hall–Kier alpha value is -2.65. The summed E-state index contributed by atoms with van der Waals surface area (Å²) in [7, 11) is 0. The van der Waals surface area contributed by atoms with Crippen molar-refractivity contribution in [1.29, 1.82) is 0 Å². The fourth-order valence-corrected chi connectivity index (χ4v) is 2.61. The molecule has 0 spiro atoms. The highest BCUT2D eigenvalue weighted by Crippen LogP contribution is 2.23. The van der Waals surface area contributed by atoms with Gasteiger partial charge in [-0.15, -0.1) is 0 Å². The molecule has 3 aromatic rings. The molecular weight excluding hydrogens is 320 g/mol. The van der Waals surface area contributed by atoms with Crippen LogP contribution in [0, 0.1) is 6.92 Å². The molecule has 0 bridgehead atoms. The molecule has 2 aromatic carbocycles. The number of halogens is 1. The number of hydrogen-bond acceptors (Lipinski definition) is 2. The van der Waals surface area contributed by atoms with Crippen molar-refractivity contribution in [2.75, 3.05) is 0 Å². The summed E-state index contributed by atoms with van der Waals surface area (Å²) in [5.74, 6) is -0.126. The molecule has 1 amide bonds. The molecule has 0 radical (unpaired) electrons. The SMILES string of the molecule is Cc1ccc(C(=O)NC(c2ccc(Cl)cc2)c2cccnc2)cc1.